The van der Waals surface area contributed by atoms with Crippen molar-refractivity contribution in [3.8, 4) is 0 Å². The number of primary sulfonamides is 1. The largest absolute Gasteiger partial charge is 0.380 e. The third kappa shape index (κ3) is 2.18. The van der Waals surface area contributed by atoms with Gasteiger partial charge in [0.05, 0.1) is 6.10 Å². The van der Waals surface area contributed by atoms with E-state index in [4.69, 9.17) is 9.88 Å². The lowest BCUT2D eigenvalue weighted by Gasteiger charge is -2.28. The van der Waals surface area contributed by atoms with Crippen molar-refractivity contribution in [3.05, 3.63) is 0 Å². The molecule has 1 aliphatic rings. The Morgan fingerprint density at radius 2 is 1.92 bits per heavy atom. The highest BCUT2D eigenvalue weighted by Gasteiger charge is 2.33. The summed E-state index contributed by atoms with van der Waals surface area (Å²) in [6, 6.07) is 0. The molecular formula is C7H15NO3S. The zero-order valence-corrected chi connectivity index (χ0v) is 8.01. The topological polar surface area (TPSA) is 69.4 Å². The van der Waals surface area contributed by atoms with Crippen molar-refractivity contribution in [2.45, 2.75) is 37.0 Å². The van der Waals surface area contributed by atoms with Crippen LogP contribution in [0.2, 0.25) is 0 Å². The Kier molecular flexibility index (Phi) is 3.09. The summed E-state index contributed by atoms with van der Waals surface area (Å²) in [4.78, 5) is 0. The molecule has 2 atom stereocenters. The van der Waals surface area contributed by atoms with Crippen LogP contribution < -0.4 is 5.14 Å². The van der Waals surface area contributed by atoms with Crippen LogP contribution in [-0.4, -0.2) is 26.9 Å². The number of nitrogens with two attached hydrogens (primary N) is 1. The Morgan fingerprint density at radius 3 is 2.33 bits per heavy atom. The van der Waals surface area contributed by atoms with E-state index in [-0.39, 0.29) is 6.10 Å². The molecule has 1 saturated carbocycles. The molecule has 5 heteroatoms. The summed E-state index contributed by atoms with van der Waals surface area (Å²) in [5, 5.41) is 4.58. The van der Waals surface area contributed by atoms with Gasteiger partial charge in [-0.1, -0.05) is 12.8 Å². The smallest absolute Gasteiger partial charge is 0.214 e. The fraction of sp³-hybridized carbons (Fsp3) is 1.00. The van der Waals surface area contributed by atoms with Gasteiger partial charge in [-0.15, -0.1) is 0 Å². The van der Waals surface area contributed by atoms with E-state index >= 15 is 0 Å². The van der Waals surface area contributed by atoms with Gasteiger partial charge < -0.3 is 4.74 Å². The van der Waals surface area contributed by atoms with E-state index < -0.39 is 15.3 Å². The van der Waals surface area contributed by atoms with Crippen LogP contribution in [0.5, 0.6) is 0 Å². The maximum absolute atomic E-state index is 11.1. The second-order valence-corrected chi connectivity index (χ2v) is 4.97. The third-order valence-corrected chi connectivity index (χ3v) is 3.75. The Morgan fingerprint density at radius 1 is 1.33 bits per heavy atom. The summed E-state index contributed by atoms with van der Waals surface area (Å²) >= 11 is 0. The first-order chi connectivity index (χ1) is 5.55. The molecule has 0 aromatic heterocycles. The normalized spacial score (nSPS) is 31.8. The average Bonchev–Trinajstić information content (AvgIpc) is 2.03. The van der Waals surface area contributed by atoms with Crippen LogP contribution in [0.4, 0.5) is 0 Å². The van der Waals surface area contributed by atoms with Crippen LogP contribution in [-0.2, 0) is 14.8 Å². The first-order valence-corrected chi connectivity index (χ1v) is 5.71. The number of rotatable bonds is 2. The van der Waals surface area contributed by atoms with Crippen molar-refractivity contribution >= 4 is 10.0 Å². The summed E-state index contributed by atoms with van der Waals surface area (Å²) in [6.45, 7) is 0. The molecule has 1 fully saturated rings. The number of hydrogen-bond donors (Lipinski definition) is 1. The fourth-order valence-corrected chi connectivity index (χ4v) is 2.87. The molecule has 2 unspecified atom stereocenters. The lowest BCUT2D eigenvalue weighted by atomic mass is 9.97. The van der Waals surface area contributed by atoms with Gasteiger partial charge in [0.15, 0.2) is 0 Å². The first kappa shape index (κ1) is 9.95. The van der Waals surface area contributed by atoms with Gasteiger partial charge in [-0.05, 0) is 12.8 Å². The lowest BCUT2D eigenvalue weighted by Crippen LogP contribution is -2.41. The maximum Gasteiger partial charge on any atom is 0.214 e. The molecular weight excluding hydrogens is 178 g/mol. The summed E-state index contributed by atoms with van der Waals surface area (Å²) in [7, 11) is -1.88. The van der Waals surface area contributed by atoms with Crippen molar-refractivity contribution < 1.29 is 13.2 Å². The van der Waals surface area contributed by atoms with Crippen LogP contribution in [0.25, 0.3) is 0 Å². The van der Waals surface area contributed by atoms with E-state index in [1.54, 1.807) is 0 Å². The van der Waals surface area contributed by atoms with Crippen molar-refractivity contribution in [1.29, 1.82) is 0 Å². The Labute approximate surface area is 73.1 Å². The molecule has 0 bridgehead atoms. The highest BCUT2D eigenvalue weighted by Crippen LogP contribution is 2.24. The second kappa shape index (κ2) is 3.72. The number of hydrogen-bond acceptors (Lipinski definition) is 3. The van der Waals surface area contributed by atoms with Crippen LogP contribution in [0, 0.1) is 0 Å². The third-order valence-electron chi connectivity index (χ3n) is 2.37. The van der Waals surface area contributed by atoms with E-state index in [1.807, 2.05) is 0 Å². The van der Waals surface area contributed by atoms with E-state index in [0.29, 0.717) is 6.42 Å². The summed E-state index contributed by atoms with van der Waals surface area (Å²) in [6.07, 6.45) is 3.20. The average molecular weight is 193 g/mol. The highest BCUT2D eigenvalue weighted by molar-refractivity contribution is 7.89. The maximum atomic E-state index is 11.1. The molecule has 0 spiro atoms. The molecule has 72 valence electrons. The minimum absolute atomic E-state index is 0.200. The van der Waals surface area contributed by atoms with Crippen molar-refractivity contribution in [2.75, 3.05) is 7.11 Å². The molecule has 0 aromatic carbocycles. The van der Waals surface area contributed by atoms with Crippen molar-refractivity contribution in [1.82, 2.24) is 0 Å². The molecule has 0 heterocycles. The molecule has 1 aliphatic carbocycles. The van der Waals surface area contributed by atoms with Crippen LogP contribution >= 0.6 is 0 Å². The van der Waals surface area contributed by atoms with Gasteiger partial charge in [0.25, 0.3) is 0 Å². The zero-order chi connectivity index (χ0) is 9.19. The van der Waals surface area contributed by atoms with Crippen LogP contribution in [0.3, 0.4) is 0 Å². The highest BCUT2D eigenvalue weighted by atomic mass is 32.2. The molecule has 0 aromatic rings. The standard InChI is InChI=1S/C7H15NO3S/c1-11-6-4-2-3-5-7(6)12(8,9)10/h6-7H,2-5H2,1H3,(H2,8,9,10). The van der Waals surface area contributed by atoms with Gasteiger partial charge in [0.1, 0.15) is 5.25 Å². The summed E-state index contributed by atoms with van der Waals surface area (Å²) < 4.78 is 27.2. The predicted molar refractivity (Wildman–Crippen MR) is 46.2 cm³/mol. The zero-order valence-electron chi connectivity index (χ0n) is 7.19. The van der Waals surface area contributed by atoms with Gasteiger partial charge in [0.2, 0.25) is 10.0 Å². The van der Waals surface area contributed by atoms with Crippen molar-refractivity contribution in [3.63, 3.8) is 0 Å². The second-order valence-electron chi connectivity index (χ2n) is 3.19. The molecule has 1 rings (SSSR count). The van der Waals surface area contributed by atoms with Gasteiger partial charge in [-0.3, -0.25) is 0 Å². The van der Waals surface area contributed by atoms with Gasteiger partial charge in [-0.25, -0.2) is 13.6 Å². The quantitative estimate of drug-likeness (QED) is 0.682. The number of sulfonamides is 1. The first-order valence-electron chi connectivity index (χ1n) is 4.10. The number of ether oxygens (including phenoxy) is 1. The Bertz CT molecular complexity index is 237. The van der Waals surface area contributed by atoms with E-state index in [2.05, 4.69) is 0 Å². The van der Waals surface area contributed by atoms with Crippen LogP contribution in [0.15, 0.2) is 0 Å². The van der Waals surface area contributed by atoms with E-state index in [0.717, 1.165) is 19.3 Å². The molecule has 0 saturated heterocycles. The lowest BCUT2D eigenvalue weighted by molar-refractivity contribution is 0.0738. The fourth-order valence-electron chi connectivity index (χ4n) is 1.71. The predicted octanol–water partition coefficient (Wildman–Crippen LogP) is 0.233. The Balaban J connectivity index is 2.72. The number of methoxy groups -OCH3 is 1. The molecule has 0 aliphatic heterocycles. The van der Waals surface area contributed by atoms with Gasteiger partial charge >= 0.3 is 0 Å². The van der Waals surface area contributed by atoms with Gasteiger partial charge in [-0.2, -0.15) is 0 Å². The molecule has 2 N–H and O–H groups in total. The summed E-state index contributed by atoms with van der Waals surface area (Å²) in [5.41, 5.74) is 0. The molecule has 0 amide bonds. The monoisotopic (exact) mass is 193 g/mol. The van der Waals surface area contributed by atoms with Crippen molar-refractivity contribution in [2.24, 2.45) is 5.14 Å². The van der Waals surface area contributed by atoms with Gasteiger partial charge in [0, 0.05) is 7.11 Å². The Hall–Kier alpha value is -0.130. The molecule has 12 heavy (non-hydrogen) atoms. The molecule has 0 radical (unpaired) electrons. The van der Waals surface area contributed by atoms with E-state index in [9.17, 15) is 8.42 Å². The molecule has 4 nitrogen and oxygen atoms in total. The van der Waals surface area contributed by atoms with Crippen LogP contribution in [0.1, 0.15) is 25.7 Å². The SMILES string of the molecule is COC1CCCCC1S(N)(=O)=O. The summed E-state index contributed by atoms with van der Waals surface area (Å²) in [5.74, 6) is 0. The van der Waals surface area contributed by atoms with E-state index in [1.165, 1.54) is 7.11 Å². The minimum Gasteiger partial charge on any atom is -0.380 e. The minimum atomic E-state index is -3.41.